The molecule has 0 aromatic heterocycles. The lowest BCUT2D eigenvalue weighted by atomic mass is 9.75. The lowest BCUT2D eigenvalue weighted by Gasteiger charge is -2.31. The zero-order valence-corrected chi connectivity index (χ0v) is 12.0. The minimum Gasteiger partial charge on any atom is -0.356 e. The molecule has 3 nitrogen and oxygen atoms in total. The molecule has 1 aliphatic heterocycles. The SMILES string of the molecule is CC(C)C1(C(=O)NCCC(C)(C)C)CCNC1. The van der Waals surface area contributed by atoms with E-state index in [1.807, 2.05) is 0 Å². The average Bonchev–Trinajstić information content (AvgIpc) is 2.64. The number of carbonyl (C=O) groups is 1. The summed E-state index contributed by atoms with van der Waals surface area (Å²) in [6, 6.07) is 0. The van der Waals surface area contributed by atoms with Gasteiger partial charge < -0.3 is 10.6 Å². The Hall–Kier alpha value is -0.570. The number of carbonyl (C=O) groups excluding carboxylic acids is 1. The van der Waals surface area contributed by atoms with Crippen LogP contribution in [0, 0.1) is 16.7 Å². The molecule has 0 spiro atoms. The second kappa shape index (κ2) is 5.38. The second-order valence-electron chi connectivity index (χ2n) is 6.80. The van der Waals surface area contributed by atoms with Crippen molar-refractivity contribution < 1.29 is 4.79 Å². The van der Waals surface area contributed by atoms with Gasteiger partial charge in [-0.1, -0.05) is 34.6 Å². The van der Waals surface area contributed by atoms with Crippen molar-refractivity contribution in [3.8, 4) is 0 Å². The van der Waals surface area contributed by atoms with E-state index >= 15 is 0 Å². The molecule has 1 aliphatic rings. The van der Waals surface area contributed by atoms with Crippen molar-refractivity contribution in [2.75, 3.05) is 19.6 Å². The standard InChI is InChI=1S/C14H28N2O/c1-11(2)14(7-8-15-10-14)12(17)16-9-6-13(3,4)5/h11,15H,6-10H2,1-5H3,(H,16,17). The van der Waals surface area contributed by atoms with Crippen LogP contribution in [-0.4, -0.2) is 25.5 Å². The summed E-state index contributed by atoms with van der Waals surface area (Å²) < 4.78 is 0. The van der Waals surface area contributed by atoms with E-state index in [4.69, 9.17) is 0 Å². The van der Waals surface area contributed by atoms with Gasteiger partial charge in [-0.25, -0.2) is 0 Å². The normalized spacial score (nSPS) is 25.3. The van der Waals surface area contributed by atoms with Gasteiger partial charge in [0.25, 0.3) is 0 Å². The molecule has 1 fully saturated rings. The molecule has 0 bridgehead atoms. The Bertz CT molecular complexity index is 260. The highest BCUT2D eigenvalue weighted by Crippen LogP contribution is 2.34. The van der Waals surface area contributed by atoms with Crippen LogP contribution in [0.2, 0.25) is 0 Å². The van der Waals surface area contributed by atoms with Crippen molar-refractivity contribution in [3.05, 3.63) is 0 Å². The first-order valence-corrected chi connectivity index (χ1v) is 6.77. The quantitative estimate of drug-likeness (QED) is 0.791. The third-order valence-corrected chi connectivity index (χ3v) is 3.91. The molecule has 3 heteroatoms. The maximum absolute atomic E-state index is 12.3. The van der Waals surface area contributed by atoms with Crippen LogP contribution in [0.1, 0.15) is 47.5 Å². The van der Waals surface area contributed by atoms with Crippen LogP contribution >= 0.6 is 0 Å². The van der Waals surface area contributed by atoms with Crippen LogP contribution in [0.3, 0.4) is 0 Å². The van der Waals surface area contributed by atoms with Gasteiger partial charge in [0.05, 0.1) is 5.41 Å². The molecule has 1 unspecified atom stereocenters. The Morgan fingerprint density at radius 2 is 2.06 bits per heavy atom. The Morgan fingerprint density at radius 1 is 1.41 bits per heavy atom. The first-order valence-electron chi connectivity index (χ1n) is 6.77. The largest absolute Gasteiger partial charge is 0.356 e. The van der Waals surface area contributed by atoms with E-state index in [0.29, 0.717) is 5.92 Å². The zero-order chi connectivity index (χ0) is 13.1. The Balaban J connectivity index is 2.50. The monoisotopic (exact) mass is 240 g/mol. The third kappa shape index (κ3) is 3.70. The number of hydrogen-bond donors (Lipinski definition) is 2. The Morgan fingerprint density at radius 3 is 2.47 bits per heavy atom. The second-order valence-corrected chi connectivity index (χ2v) is 6.80. The summed E-state index contributed by atoms with van der Waals surface area (Å²) in [7, 11) is 0. The van der Waals surface area contributed by atoms with E-state index in [1.165, 1.54) is 0 Å². The van der Waals surface area contributed by atoms with Gasteiger partial charge in [-0.15, -0.1) is 0 Å². The maximum atomic E-state index is 12.3. The van der Waals surface area contributed by atoms with Crippen LogP contribution < -0.4 is 10.6 Å². The molecule has 100 valence electrons. The van der Waals surface area contributed by atoms with E-state index in [2.05, 4.69) is 45.3 Å². The summed E-state index contributed by atoms with van der Waals surface area (Å²) in [6.07, 6.45) is 1.99. The number of amides is 1. The molecule has 17 heavy (non-hydrogen) atoms. The van der Waals surface area contributed by atoms with Gasteiger partial charge in [-0.2, -0.15) is 0 Å². The number of rotatable bonds is 4. The highest BCUT2D eigenvalue weighted by atomic mass is 16.2. The van der Waals surface area contributed by atoms with Crippen LogP contribution in [-0.2, 0) is 4.79 Å². The van der Waals surface area contributed by atoms with Gasteiger partial charge in [-0.05, 0) is 30.7 Å². The fourth-order valence-electron chi connectivity index (χ4n) is 2.39. The third-order valence-electron chi connectivity index (χ3n) is 3.91. The van der Waals surface area contributed by atoms with Crippen molar-refractivity contribution in [1.29, 1.82) is 0 Å². The molecule has 1 saturated heterocycles. The van der Waals surface area contributed by atoms with E-state index in [1.54, 1.807) is 0 Å². The maximum Gasteiger partial charge on any atom is 0.227 e. The topological polar surface area (TPSA) is 41.1 Å². The van der Waals surface area contributed by atoms with Gasteiger partial charge >= 0.3 is 0 Å². The smallest absolute Gasteiger partial charge is 0.227 e. The lowest BCUT2D eigenvalue weighted by molar-refractivity contribution is -0.132. The van der Waals surface area contributed by atoms with Crippen molar-refractivity contribution in [1.82, 2.24) is 10.6 Å². The van der Waals surface area contributed by atoms with Crippen LogP contribution in [0.25, 0.3) is 0 Å². The highest BCUT2D eigenvalue weighted by Gasteiger charge is 2.43. The predicted octanol–water partition coefficient (Wildman–Crippen LogP) is 2.17. The van der Waals surface area contributed by atoms with Gasteiger partial charge in [0.2, 0.25) is 5.91 Å². The van der Waals surface area contributed by atoms with E-state index < -0.39 is 0 Å². The molecule has 2 N–H and O–H groups in total. The summed E-state index contributed by atoms with van der Waals surface area (Å²) in [5.41, 5.74) is 0.101. The molecular weight excluding hydrogens is 212 g/mol. The molecule has 0 saturated carbocycles. The van der Waals surface area contributed by atoms with Gasteiger partial charge in [-0.3, -0.25) is 4.79 Å². The summed E-state index contributed by atoms with van der Waals surface area (Å²) >= 11 is 0. The Labute approximate surface area is 106 Å². The fourth-order valence-corrected chi connectivity index (χ4v) is 2.39. The summed E-state index contributed by atoms with van der Waals surface area (Å²) in [5, 5.41) is 6.45. The minimum absolute atomic E-state index is 0.183. The molecule has 1 rings (SSSR count). The fraction of sp³-hybridized carbons (Fsp3) is 0.929. The molecule has 0 aromatic rings. The summed E-state index contributed by atoms with van der Waals surface area (Å²) in [6.45, 7) is 13.5. The number of hydrogen-bond acceptors (Lipinski definition) is 2. The summed E-state index contributed by atoms with van der Waals surface area (Å²) in [5.74, 6) is 0.633. The van der Waals surface area contributed by atoms with E-state index in [-0.39, 0.29) is 16.7 Å². The van der Waals surface area contributed by atoms with Gasteiger partial charge in [0.1, 0.15) is 0 Å². The summed E-state index contributed by atoms with van der Waals surface area (Å²) in [4.78, 5) is 12.3. The highest BCUT2D eigenvalue weighted by molar-refractivity contribution is 5.83. The van der Waals surface area contributed by atoms with Crippen molar-refractivity contribution in [3.63, 3.8) is 0 Å². The van der Waals surface area contributed by atoms with E-state index in [0.717, 1.165) is 32.5 Å². The molecule has 1 heterocycles. The predicted molar refractivity (Wildman–Crippen MR) is 71.8 cm³/mol. The first-order chi connectivity index (χ1) is 7.78. The van der Waals surface area contributed by atoms with Crippen molar-refractivity contribution in [2.45, 2.75) is 47.5 Å². The van der Waals surface area contributed by atoms with Crippen LogP contribution in [0.4, 0.5) is 0 Å². The molecule has 0 aromatic carbocycles. The van der Waals surface area contributed by atoms with Gasteiger partial charge in [0, 0.05) is 13.1 Å². The van der Waals surface area contributed by atoms with Gasteiger partial charge in [0.15, 0.2) is 0 Å². The lowest BCUT2D eigenvalue weighted by Crippen LogP contribution is -2.46. The molecule has 1 amide bonds. The first kappa shape index (κ1) is 14.5. The zero-order valence-electron chi connectivity index (χ0n) is 12.0. The molecule has 0 radical (unpaired) electrons. The average molecular weight is 240 g/mol. The van der Waals surface area contributed by atoms with Crippen LogP contribution in [0.15, 0.2) is 0 Å². The molecule has 1 atom stereocenters. The minimum atomic E-state index is -0.183. The van der Waals surface area contributed by atoms with Crippen molar-refractivity contribution in [2.24, 2.45) is 16.7 Å². The molecular formula is C14H28N2O. The van der Waals surface area contributed by atoms with Crippen molar-refractivity contribution >= 4 is 5.91 Å². The van der Waals surface area contributed by atoms with Crippen LogP contribution in [0.5, 0.6) is 0 Å². The molecule has 0 aliphatic carbocycles. The Kier molecular flexibility index (Phi) is 4.59. The van der Waals surface area contributed by atoms with E-state index in [9.17, 15) is 4.79 Å². The number of nitrogens with one attached hydrogen (secondary N) is 2.